The molecule has 1 fully saturated rings. The molecular weight excluding hydrogens is 424 g/mol. The first-order valence-corrected chi connectivity index (χ1v) is 11.7. The Kier molecular flexibility index (Phi) is 6.03. The smallest absolute Gasteiger partial charge is 0.170 e. The minimum atomic E-state index is -0.787. The zero-order chi connectivity index (χ0) is 23.5. The van der Waals surface area contributed by atoms with Crippen molar-refractivity contribution in [1.82, 2.24) is 4.98 Å². The van der Waals surface area contributed by atoms with Gasteiger partial charge in [-0.3, -0.25) is 4.79 Å². The molecule has 5 rings (SSSR count). The summed E-state index contributed by atoms with van der Waals surface area (Å²) < 4.78 is 5.84. The monoisotopic (exact) mass is 452 g/mol. The number of nitrogens with zero attached hydrogens (tertiary/aromatic N) is 2. The Bertz CT molecular complexity index is 1260. The van der Waals surface area contributed by atoms with Crippen LogP contribution in [0.15, 0.2) is 89.5 Å². The number of piperidine rings is 1. The molecule has 1 aliphatic heterocycles. The zero-order valence-corrected chi connectivity index (χ0v) is 19.3. The van der Waals surface area contributed by atoms with E-state index in [2.05, 4.69) is 9.88 Å². The number of benzene rings is 2. The second kappa shape index (κ2) is 9.27. The fourth-order valence-electron chi connectivity index (χ4n) is 4.64. The molecule has 0 amide bonds. The van der Waals surface area contributed by atoms with E-state index in [-0.39, 0.29) is 12.2 Å². The van der Waals surface area contributed by atoms with Gasteiger partial charge in [-0.05, 0) is 43.0 Å². The number of furan rings is 1. The molecule has 4 aromatic rings. The van der Waals surface area contributed by atoms with Crippen LogP contribution in [-0.4, -0.2) is 29.0 Å². The van der Waals surface area contributed by atoms with Gasteiger partial charge in [0.2, 0.25) is 0 Å². The van der Waals surface area contributed by atoms with Crippen LogP contribution in [0.3, 0.4) is 0 Å². The average molecular weight is 453 g/mol. The van der Waals surface area contributed by atoms with Gasteiger partial charge in [0.05, 0.1) is 11.2 Å². The van der Waals surface area contributed by atoms with Crippen LogP contribution in [0.25, 0.3) is 11.3 Å². The van der Waals surface area contributed by atoms with Crippen LogP contribution in [0.5, 0.6) is 0 Å². The van der Waals surface area contributed by atoms with Gasteiger partial charge in [0.1, 0.15) is 17.3 Å². The van der Waals surface area contributed by atoms with Crippen molar-refractivity contribution < 1.29 is 14.3 Å². The topological polar surface area (TPSA) is 66.6 Å². The maximum absolute atomic E-state index is 12.9. The molecule has 2 aromatic carbocycles. The Hall–Kier alpha value is -3.70. The molecule has 34 heavy (non-hydrogen) atoms. The number of aromatic nitrogens is 1. The third kappa shape index (κ3) is 4.52. The van der Waals surface area contributed by atoms with Crippen LogP contribution in [0.1, 0.15) is 40.1 Å². The standard InChI is InChI=1S/C29H28N2O3/c1-21-25(19-27(34-21)23-8-4-2-5-9-23)26(32)18-22-12-13-28(30-20-22)31-16-14-29(33,15-17-31)24-10-6-3-7-11-24/h2-13,19-20,33H,14-18H2,1H3. The molecule has 0 bridgehead atoms. The van der Waals surface area contributed by atoms with Gasteiger partial charge in [-0.2, -0.15) is 0 Å². The molecule has 3 heterocycles. The largest absolute Gasteiger partial charge is 0.461 e. The average Bonchev–Trinajstić information content (AvgIpc) is 3.28. The summed E-state index contributed by atoms with van der Waals surface area (Å²) in [5.41, 5.74) is 2.62. The van der Waals surface area contributed by atoms with Gasteiger partial charge >= 0.3 is 0 Å². The second-order valence-corrected chi connectivity index (χ2v) is 8.96. The molecule has 2 aromatic heterocycles. The molecule has 0 saturated carbocycles. The number of hydrogen-bond donors (Lipinski definition) is 1. The minimum absolute atomic E-state index is 0.0175. The molecule has 0 atom stereocenters. The Morgan fingerprint density at radius 1 is 1.00 bits per heavy atom. The van der Waals surface area contributed by atoms with E-state index in [1.807, 2.05) is 85.8 Å². The number of Topliss-reactive ketones (excluding diaryl/α,β-unsaturated/α-hetero) is 1. The lowest BCUT2D eigenvalue weighted by atomic mass is 9.84. The van der Waals surface area contributed by atoms with Crippen LogP contribution >= 0.6 is 0 Å². The van der Waals surface area contributed by atoms with Gasteiger partial charge < -0.3 is 14.4 Å². The molecule has 172 valence electrons. The zero-order valence-electron chi connectivity index (χ0n) is 19.3. The highest BCUT2D eigenvalue weighted by Crippen LogP contribution is 2.34. The molecule has 1 N–H and O–H groups in total. The van der Waals surface area contributed by atoms with E-state index in [9.17, 15) is 9.90 Å². The van der Waals surface area contributed by atoms with E-state index in [4.69, 9.17) is 4.42 Å². The summed E-state index contributed by atoms with van der Waals surface area (Å²) in [6, 6.07) is 25.4. The fraction of sp³-hybridized carbons (Fsp3) is 0.241. The van der Waals surface area contributed by atoms with Crippen LogP contribution in [-0.2, 0) is 12.0 Å². The molecule has 0 radical (unpaired) electrons. The summed E-state index contributed by atoms with van der Waals surface area (Å²) >= 11 is 0. The summed E-state index contributed by atoms with van der Waals surface area (Å²) in [5.74, 6) is 2.23. The Labute approximate surface area is 199 Å². The first-order chi connectivity index (χ1) is 16.5. The lowest BCUT2D eigenvalue weighted by Gasteiger charge is -2.39. The van der Waals surface area contributed by atoms with Gasteiger partial charge in [0, 0.05) is 31.3 Å². The number of carbonyl (C=O) groups excluding carboxylic acids is 1. The number of hydrogen-bond acceptors (Lipinski definition) is 5. The predicted molar refractivity (Wildman–Crippen MR) is 133 cm³/mol. The van der Waals surface area contributed by atoms with Crippen molar-refractivity contribution in [2.45, 2.75) is 31.8 Å². The molecule has 5 heteroatoms. The summed E-state index contributed by atoms with van der Waals surface area (Å²) in [5, 5.41) is 11.1. The number of aryl methyl sites for hydroxylation is 1. The highest BCUT2D eigenvalue weighted by molar-refractivity contribution is 5.99. The van der Waals surface area contributed by atoms with Crippen molar-refractivity contribution in [3.05, 3.63) is 108 Å². The van der Waals surface area contributed by atoms with Gasteiger partial charge in [-0.15, -0.1) is 0 Å². The third-order valence-corrected chi connectivity index (χ3v) is 6.68. The highest BCUT2D eigenvalue weighted by Gasteiger charge is 2.34. The SMILES string of the molecule is Cc1oc(-c2ccccc2)cc1C(=O)Cc1ccc(N2CCC(O)(c3ccccc3)CC2)nc1. The summed E-state index contributed by atoms with van der Waals surface area (Å²) in [6.07, 6.45) is 3.36. The van der Waals surface area contributed by atoms with Crippen molar-refractivity contribution in [3.8, 4) is 11.3 Å². The first kappa shape index (κ1) is 22.1. The lowest BCUT2D eigenvalue weighted by molar-refractivity contribution is 0.0116. The van der Waals surface area contributed by atoms with Crippen molar-refractivity contribution in [2.24, 2.45) is 0 Å². The maximum atomic E-state index is 12.9. The molecule has 0 unspecified atom stereocenters. The fourth-order valence-corrected chi connectivity index (χ4v) is 4.64. The van der Waals surface area contributed by atoms with Crippen LogP contribution in [0, 0.1) is 6.92 Å². The summed E-state index contributed by atoms with van der Waals surface area (Å²) in [6.45, 7) is 3.29. The van der Waals surface area contributed by atoms with E-state index >= 15 is 0 Å². The van der Waals surface area contributed by atoms with Crippen LogP contribution in [0.4, 0.5) is 5.82 Å². The normalized spacial score (nSPS) is 15.3. The van der Waals surface area contributed by atoms with E-state index in [0.29, 0.717) is 29.9 Å². The lowest BCUT2D eigenvalue weighted by Crippen LogP contribution is -2.42. The van der Waals surface area contributed by atoms with E-state index in [0.717, 1.165) is 35.6 Å². The van der Waals surface area contributed by atoms with E-state index < -0.39 is 5.60 Å². The van der Waals surface area contributed by atoms with Gasteiger partial charge in [0.15, 0.2) is 5.78 Å². The number of carbonyl (C=O) groups is 1. The number of rotatable bonds is 6. The molecule has 0 aliphatic carbocycles. The van der Waals surface area contributed by atoms with Crippen LogP contribution < -0.4 is 4.90 Å². The van der Waals surface area contributed by atoms with Gasteiger partial charge in [0.25, 0.3) is 0 Å². The third-order valence-electron chi connectivity index (χ3n) is 6.68. The van der Waals surface area contributed by atoms with E-state index in [1.165, 1.54) is 0 Å². The van der Waals surface area contributed by atoms with Crippen molar-refractivity contribution in [2.75, 3.05) is 18.0 Å². The molecule has 1 aliphatic rings. The highest BCUT2D eigenvalue weighted by atomic mass is 16.3. The number of anilines is 1. The summed E-state index contributed by atoms with van der Waals surface area (Å²) in [7, 11) is 0. The van der Waals surface area contributed by atoms with Crippen LogP contribution in [0.2, 0.25) is 0 Å². The second-order valence-electron chi connectivity index (χ2n) is 8.96. The number of ketones is 1. The Morgan fingerprint density at radius 2 is 1.68 bits per heavy atom. The Morgan fingerprint density at radius 3 is 2.32 bits per heavy atom. The maximum Gasteiger partial charge on any atom is 0.170 e. The van der Waals surface area contributed by atoms with Gasteiger partial charge in [-0.1, -0.05) is 66.7 Å². The number of pyridine rings is 1. The first-order valence-electron chi connectivity index (χ1n) is 11.7. The number of aliphatic hydroxyl groups is 1. The van der Waals surface area contributed by atoms with Crippen molar-refractivity contribution >= 4 is 11.6 Å². The summed E-state index contributed by atoms with van der Waals surface area (Å²) in [4.78, 5) is 19.7. The molecule has 5 nitrogen and oxygen atoms in total. The van der Waals surface area contributed by atoms with Gasteiger partial charge in [-0.25, -0.2) is 4.98 Å². The van der Waals surface area contributed by atoms with E-state index in [1.54, 1.807) is 6.20 Å². The van der Waals surface area contributed by atoms with Crippen molar-refractivity contribution in [3.63, 3.8) is 0 Å². The minimum Gasteiger partial charge on any atom is -0.461 e. The predicted octanol–water partition coefficient (Wildman–Crippen LogP) is 5.56. The van der Waals surface area contributed by atoms with Crippen molar-refractivity contribution in [1.29, 1.82) is 0 Å². The molecular formula is C29H28N2O3. The molecule has 1 saturated heterocycles. The molecule has 0 spiro atoms. The Balaban J connectivity index is 1.22. The quantitative estimate of drug-likeness (QED) is 0.388.